The maximum atomic E-state index is 13.2. The summed E-state index contributed by atoms with van der Waals surface area (Å²) >= 11 is 0. The van der Waals surface area contributed by atoms with Crippen molar-refractivity contribution in [2.24, 2.45) is 0 Å². The summed E-state index contributed by atoms with van der Waals surface area (Å²) in [5.74, 6) is -3.70. The first-order valence-electron chi connectivity index (χ1n) is 4.55. The van der Waals surface area contributed by atoms with Gasteiger partial charge in [-0.25, -0.2) is 13.2 Å². The second-order valence-electron chi connectivity index (χ2n) is 3.37. The van der Waals surface area contributed by atoms with Gasteiger partial charge in [0.2, 0.25) is 0 Å². The Morgan fingerprint density at radius 3 is 2.27 bits per heavy atom. The molecule has 0 bridgehead atoms. The number of halogens is 3. The minimum atomic E-state index is -3.22. The second kappa shape index (κ2) is 4.66. The monoisotopic (exact) mass is 217 g/mol. The van der Waals surface area contributed by atoms with Crippen molar-refractivity contribution in [3.05, 3.63) is 42.6 Å². The van der Waals surface area contributed by atoms with Crippen molar-refractivity contribution in [3.63, 3.8) is 0 Å². The predicted octanol–water partition coefficient (Wildman–Crippen LogP) is 2.59. The molecule has 0 aromatic heterocycles. The van der Waals surface area contributed by atoms with Gasteiger partial charge in [-0.2, -0.15) is 0 Å². The molecule has 4 heteroatoms. The summed E-state index contributed by atoms with van der Waals surface area (Å²) in [4.78, 5) is 0. The molecule has 0 aliphatic carbocycles. The fourth-order valence-corrected chi connectivity index (χ4v) is 1.20. The van der Waals surface area contributed by atoms with Gasteiger partial charge in [-0.1, -0.05) is 19.1 Å². The molecule has 1 N–H and O–H groups in total. The lowest BCUT2D eigenvalue weighted by Gasteiger charge is -2.21. The molecule has 0 saturated carbocycles. The Balaban J connectivity index is 2.72. The van der Waals surface area contributed by atoms with Crippen LogP contribution >= 0.6 is 0 Å². The highest BCUT2D eigenvalue weighted by Crippen LogP contribution is 2.25. The normalized spacial score (nSPS) is 13.9. The van der Waals surface area contributed by atoms with Crippen LogP contribution in [-0.4, -0.2) is 17.1 Å². The third-order valence-corrected chi connectivity index (χ3v) is 2.11. The lowest BCUT2D eigenvalue weighted by molar-refractivity contribution is -0.105. The zero-order valence-electron chi connectivity index (χ0n) is 8.09. The summed E-state index contributed by atoms with van der Waals surface area (Å²) in [6, 6.07) is 4.78. The Morgan fingerprint density at radius 1 is 1.27 bits per heavy atom. The third-order valence-electron chi connectivity index (χ3n) is 2.11. The van der Waals surface area contributed by atoms with E-state index in [2.05, 4.69) is 6.92 Å². The van der Waals surface area contributed by atoms with Crippen LogP contribution < -0.4 is 0 Å². The van der Waals surface area contributed by atoms with Gasteiger partial charge in [0.25, 0.3) is 5.92 Å². The van der Waals surface area contributed by atoms with Gasteiger partial charge in [0.15, 0.2) is 0 Å². The Bertz CT molecular complexity index is 308. The number of rotatable bonds is 4. The van der Waals surface area contributed by atoms with Gasteiger partial charge in [0.05, 0.1) is 0 Å². The Hall–Kier alpha value is -1.03. The van der Waals surface area contributed by atoms with E-state index in [1.54, 1.807) is 0 Å². The van der Waals surface area contributed by atoms with Crippen LogP contribution in [-0.2, 0) is 6.42 Å². The lowest BCUT2D eigenvalue weighted by atomic mass is 10.0. The molecule has 0 fully saturated rings. The Labute approximate surface area is 86.5 Å². The van der Waals surface area contributed by atoms with E-state index in [-0.39, 0.29) is 12.0 Å². The highest BCUT2D eigenvalue weighted by atomic mass is 19.3. The van der Waals surface area contributed by atoms with Crippen molar-refractivity contribution in [2.45, 2.75) is 24.9 Å². The Morgan fingerprint density at radius 2 is 1.80 bits per heavy atom. The molecule has 0 spiro atoms. The van der Waals surface area contributed by atoms with E-state index < -0.39 is 24.3 Å². The molecule has 1 atom stereocenters. The van der Waals surface area contributed by atoms with Gasteiger partial charge in [0.1, 0.15) is 11.9 Å². The van der Waals surface area contributed by atoms with Crippen LogP contribution in [0.1, 0.15) is 12.0 Å². The summed E-state index contributed by atoms with van der Waals surface area (Å²) in [5.41, 5.74) is 0.286. The predicted molar refractivity (Wildman–Crippen MR) is 51.0 cm³/mol. The van der Waals surface area contributed by atoms with Gasteiger partial charge >= 0.3 is 0 Å². The van der Waals surface area contributed by atoms with E-state index in [1.807, 2.05) is 0 Å². The minimum Gasteiger partial charge on any atom is -0.387 e. The fourth-order valence-electron chi connectivity index (χ4n) is 1.20. The van der Waals surface area contributed by atoms with Crippen LogP contribution in [0.5, 0.6) is 0 Å². The molecule has 1 nitrogen and oxygen atoms in total. The topological polar surface area (TPSA) is 20.2 Å². The van der Waals surface area contributed by atoms with Crippen molar-refractivity contribution >= 4 is 0 Å². The number of benzene rings is 1. The van der Waals surface area contributed by atoms with E-state index in [4.69, 9.17) is 5.11 Å². The quantitative estimate of drug-likeness (QED) is 0.821. The zero-order valence-corrected chi connectivity index (χ0v) is 8.09. The number of hydrogen-bond acceptors (Lipinski definition) is 1. The van der Waals surface area contributed by atoms with Gasteiger partial charge in [-0.15, -0.1) is 0 Å². The van der Waals surface area contributed by atoms with Crippen molar-refractivity contribution in [2.75, 3.05) is 0 Å². The van der Waals surface area contributed by atoms with Gasteiger partial charge in [-0.3, -0.25) is 0 Å². The first-order chi connectivity index (χ1) is 6.95. The molecule has 0 saturated heterocycles. The van der Waals surface area contributed by atoms with E-state index in [0.717, 1.165) is 12.1 Å². The molecule has 0 heterocycles. The number of aliphatic hydroxyl groups excluding tert-OH is 1. The van der Waals surface area contributed by atoms with Crippen LogP contribution in [0.2, 0.25) is 0 Å². The Kier molecular flexibility index (Phi) is 3.74. The fraction of sp³-hybridized carbons (Fsp3) is 0.364. The third kappa shape index (κ3) is 3.23. The van der Waals surface area contributed by atoms with Crippen LogP contribution in [0.25, 0.3) is 0 Å². The average molecular weight is 217 g/mol. The first kappa shape index (κ1) is 12.0. The van der Waals surface area contributed by atoms with Gasteiger partial charge < -0.3 is 5.11 Å². The highest BCUT2D eigenvalue weighted by molar-refractivity contribution is 5.17. The summed E-state index contributed by atoms with van der Waals surface area (Å²) in [6.45, 7) is 3.22. The summed E-state index contributed by atoms with van der Waals surface area (Å²) in [6.07, 6.45) is -2.62. The molecule has 0 aliphatic rings. The lowest BCUT2D eigenvalue weighted by Crippen LogP contribution is -2.35. The molecule has 1 rings (SSSR count). The van der Waals surface area contributed by atoms with Gasteiger partial charge in [0, 0.05) is 6.42 Å². The maximum Gasteiger partial charge on any atom is 0.277 e. The SMILES string of the molecule is [CH2]CC(O)C(F)(F)Cc1ccc(F)cc1. The van der Waals surface area contributed by atoms with E-state index in [0.29, 0.717) is 0 Å². The van der Waals surface area contributed by atoms with Gasteiger partial charge in [-0.05, 0) is 24.1 Å². The largest absolute Gasteiger partial charge is 0.387 e. The zero-order chi connectivity index (χ0) is 11.5. The standard InChI is InChI=1S/C11H12F3O/c1-2-10(15)11(13,14)7-8-3-5-9(12)6-4-8/h3-6,10,15H,1-2,7H2. The number of hydrogen-bond donors (Lipinski definition) is 1. The molecule has 0 aliphatic heterocycles. The molecule has 1 aromatic rings. The molecule has 83 valence electrons. The molecule has 15 heavy (non-hydrogen) atoms. The van der Waals surface area contributed by atoms with E-state index in [9.17, 15) is 13.2 Å². The van der Waals surface area contributed by atoms with Crippen molar-refractivity contribution in [3.8, 4) is 0 Å². The molecule has 1 aromatic carbocycles. The van der Waals surface area contributed by atoms with Crippen LogP contribution in [0.15, 0.2) is 24.3 Å². The van der Waals surface area contributed by atoms with Crippen molar-refractivity contribution in [1.29, 1.82) is 0 Å². The van der Waals surface area contributed by atoms with E-state index in [1.165, 1.54) is 12.1 Å². The maximum absolute atomic E-state index is 13.2. The van der Waals surface area contributed by atoms with Crippen LogP contribution in [0.4, 0.5) is 13.2 Å². The van der Waals surface area contributed by atoms with Crippen LogP contribution in [0, 0.1) is 12.7 Å². The number of alkyl halides is 2. The smallest absolute Gasteiger partial charge is 0.277 e. The molecular formula is C11H12F3O. The summed E-state index contributed by atoms with van der Waals surface area (Å²) < 4.78 is 38.9. The van der Waals surface area contributed by atoms with Crippen molar-refractivity contribution in [1.82, 2.24) is 0 Å². The summed E-state index contributed by atoms with van der Waals surface area (Å²) in [5, 5.41) is 9.02. The average Bonchev–Trinajstić information content (AvgIpc) is 2.20. The summed E-state index contributed by atoms with van der Waals surface area (Å²) in [7, 11) is 0. The second-order valence-corrected chi connectivity index (χ2v) is 3.37. The molecule has 1 radical (unpaired) electrons. The molecular weight excluding hydrogens is 205 g/mol. The van der Waals surface area contributed by atoms with Crippen LogP contribution in [0.3, 0.4) is 0 Å². The first-order valence-corrected chi connectivity index (χ1v) is 4.55. The minimum absolute atomic E-state index is 0.256. The highest BCUT2D eigenvalue weighted by Gasteiger charge is 2.37. The molecule has 0 amide bonds. The van der Waals surface area contributed by atoms with E-state index >= 15 is 0 Å². The molecule has 1 unspecified atom stereocenters. The van der Waals surface area contributed by atoms with Crippen molar-refractivity contribution < 1.29 is 18.3 Å². The number of aliphatic hydroxyl groups is 1.